The highest BCUT2D eigenvalue weighted by Gasteiger charge is 2.34. The molecule has 1 aliphatic rings. The van der Waals surface area contributed by atoms with Crippen molar-refractivity contribution in [3.05, 3.63) is 0 Å². The van der Waals surface area contributed by atoms with Gasteiger partial charge in [0.1, 0.15) is 6.29 Å². The van der Waals surface area contributed by atoms with Gasteiger partial charge in [-0.3, -0.25) is 0 Å². The lowest BCUT2D eigenvalue weighted by Crippen LogP contribution is -2.38. The number of carbonyl (C=O) groups excluding carboxylic acids is 1. The van der Waals surface area contributed by atoms with E-state index in [0.29, 0.717) is 6.04 Å². The molecule has 0 aromatic rings. The van der Waals surface area contributed by atoms with Crippen LogP contribution >= 0.6 is 0 Å². The second kappa shape index (κ2) is 4.23. The number of nitrogens with zero attached hydrogens (tertiary/aromatic N) is 1. The van der Waals surface area contributed by atoms with Crippen molar-refractivity contribution in [2.45, 2.75) is 45.6 Å². The quantitative estimate of drug-likeness (QED) is 0.622. The highest BCUT2D eigenvalue weighted by Crippen LogP contribution is 2.36. The standard InChI is InChI=1S/C11H21NO/c1-10(2)12(3)8-11(9-13)6-4-5-7-11/h9-10H,4-8H2,1-3H3. The van der Waals surface area contributed by atoms with E-state index in [0.717, 1.165) is 19.4 Å². The smallest absolute Gasteiger partial charge is 0.127 e. The molecule has 0 radical (unpaired) electrons. The summed E-state index contributed by atoms with van der Waals surface area (Å²) < 4.78 is 0. The van der Waals surface area contributed by atoms with E-state index in [-0.39, 0.29) is 5.41 Å². The van der Waals surface area contributed by atoms with E-state index < -0.39 is 0 Å². The second-order valence-corrected chi connectivity index (χ2v) is 4.70. The van der Waals surface area contributed by atoms with E-state index in [1.54, 1.807) is 0 Å². The molecule has 0 aromatic carbocycles. The lowest BCUT2D eigenvalue weighted by atomic mass is 9.87. The van der Waals surface area contributed by atoms with E-state index in [1.165, 1.54) is 19.1 Å². The monoisotopic (exact) mass is 183 g/mol. The summed E-state index contributed by atoms with van der Waals surface area (Å²) in [6.07, 6.45) is 5.83. The molecule has 0 saturated heterocycles. The summed E-state index contributed by atoms with van der Waals surface area (Å²) in [5, 5.41) is 0. The maximum Gasteiger partial charge on any atom is 0.127 e. The lowest BCUT2D eigenvalue weighted by Gasteiger charge is -2.30. The summed E-state index contributed by atoms with van der Waals surface area (Å²) >= 11 is 0. The molecule has 13 heavy (non-hydrogen) atoms. The fraction of sp³-hybridized carbons (Fsp3) is 0.909. The van der Waals surface area contributed by atoms with Crippen molar-refractivity contribution >= 4 is 6.29 Å². The van der Waals surface area contributed by atoms with Crippen LogP contribution in [0, 0.1) is 5.41 Å². The third-order valence-electron chi connectivity index (χ3n) is 3.30. The van der Waals surface area contributed by atoms with E-state index >= 15 is 0 Å². The largest absolute Gasteiger partial charge is 0.303 e. The van der Waals surface area contributed by atoms with Gasteiger partial charge in [-0.2, -0.15) is 0 Å². The molecule has 0 aromatic heterocycles. The molecular formula is C11H21NO. The molecule has 2 nitrogen and oxygen atoms in total. The Labute approximate surface area is 81.3 Å². The predicted octanol–water partition coefficient (Wildman–Crippen LogP) is 2.09. The van der Waals surface area contributed by atoms with Crippen molar-refractivity contribution in [2.75, 3.05) is 13.6 Å². The Hall–Kier alpha value is -0.370. The van der Waals surface area contributed by atoms with Crippen molar-refractivity contribution in [3.63, 3.8) is 0 Å². The Morgan fingerprint density at radius 3 is 2.31 bits per heavy atom. The summed E-state index contributed by atoms with van der Waals surface area (Å²) in [4.78, 5) is 13.3. The van der Waals surface area contributed by atoms with Crippen LogP contribution in [0.25, 0.3) is 0 Å². The van der Waals surface area contributed by atoms with Gasteiger partial charge < -0.3 is 9.69 Å². The summed E-state index contributed by atoms with van der Waals surface area (Å²) in [5.41, 5.74) is -0.0149. The molecule has 2 heteroatoms. The predicted molar refractivity (Wildman–Crippen MR) is 54.7 cm³/mol. The first kappa shape index (κ1) is 10.7. The van der Waals surface area contributed by atoms with Gasteiger partial charge in [0.2, 0.25) is 0 Å². The highest BCUT2D eigenvalue weighted by molar-refractivity contribution is 5.60. The van der Waals surface area contributed by atoms with Gasteiger partial charge in [-0.15, -0.1) is 0 Å². The number of aldehydes is 1. The molecule has 1 saturated carbocycles. The van der Waals surface area contributed by atoms with Gasteiger partial charge in [-0.25, -0.2) is 0 Å². The minimum atomic E-state index is -0.0149. The average Bonchev–Trinajstić information content (AvgIpc) is 2.54. The summed E-state index contributed by atoms with van der Waals surface area (Å²) in [5.74, 6) is 0. The fourth-order valence-electron chi connectivity index (χ4n) is 2.07. The van der Waals surface area contributed by atoms with Crippen molar-refractivity contribution < 1.29 is 4.79 Å². The van der Waals surface area contributed by atoms with Crippen LogP contribution in [0.1, 0.15) is 39.5 Å². The first-order chi connectivity index (χ1) is 6.09. The summed E-state index contributed by atoms with van der Waals surface area (Å²) in [7, 11) is 2.11. The normalized spacial score (nSPS) is 21.3. The van der Waals surface area contributed by atoms with Gasteiger partial charge >= 0.3 is 0 Å². The van der Waals surface area contributed by atoms with Gasteiger partial charge in [-0.1, -0.05) is 12.8 Å². The molecule has 1 rings (SSSR count). The van der Waals surface area contributed by atoms with Crippen molar-refractivity contribution in [1.29, 1.82) is 0 Å². The molecule has 1 fully saturated rings. The van der Waals surface area contributed by atoms with Crippen LogP contribution in [0.4, 0.5) is 0 Å². The van der Waals surface area contributed by atoms with Gasteiger partial charge in [-0.05, 0) is 33.7 Å². The SMILES string of the molecule is CC(C)N(C)CC1(C=O)CCCC1. The third kappa shape index (κ3) is 2.53. The van der Waals surface area contributed by atoms with E-state index in [2.05, 4.69) is 25.8 Å². The highest BCUT2D eigenvalue weighted by atomic mass is 16.1. The minimum Gasteiger partial charge on any atom is -0.303 e. The fourth-order valence-corrected chi connectivity index (χ4v) is 2.07. The molecular weight excluding hydrogens is 162 g/mol. The van der Waals surface area contributed by atoms with Gasteiger partial charge in [0, 0.05) is 18.0 Å². The lowest BCUT2D eigenvalue weighted by molar-refractivity contribution is -0.117. The molecule has 76 valence electrons. The molecule has 0 spiro atoms. The number of rotatable bonds is 4. The van der Waals surface area contributed by atoms with Crippen LogP contribution in [-0.2, 0) is 4.79 Å². The van der Waals surface area contributed by atoms with Crippen LogP contribution in [-0.4, -0.2) is 30.8 Å². The third-order valence-corrected chi connectivity index (χ3v) is 3.30. The van der Waals surface area contributed by atoms with Gasteiger partial charge in [0.25, 0.3) is 0 Å². The van der Waals surface area contributed by atoms with E-state index in [1.807, 2.05) is 0 Å². The van der Waals surface area contributed by atoms with Crippen LogP contribution in [0.2, 0.25) is 0 Å². The van der Waals surface area contributed by atoms with Gasteiger partial charge in [0.15, 0.2) is 0 Å². The summed E-state index contributed by atoms with van der Waals surface area (Å²) in [6.45, 7) is 5.29. The number of carbonyl (C=O) groups is 1. The molecule has 0 atom stereocenters. The summed E-state index contributed by atoms with van der Waals surface area (Å²) in [6, 6.07) is 0.539. The molecule has 1 aliphatic carbocycles. The van der Waals surface area contributed by atoms with Crippen LogP contribution in [0.15, 0.2) is 0 Å². The van der Waals surface area contributed by atoms with Crippen molar-refractivity contribution in [1.82, 2.24) is 4.90 Å². The Morgan fingerprint density at radius 2 is 1.92 bits per heavy atom. The average molecular weight is 183 g/mol. The van der Waals surface area contributed by atoms with Crippen LogP contribution in [0.3, 0.4) is 0 Å². The first-order valence-electron chi connectivity index (χ1n) is 5.26. The van der Waals surface area contributed by atoms with E-state index in [9.17, 15) is 4.79 Å². The zero-order valence-electron chi connectivity index (χ0n) is 9.05. The van der Waals surface area contributed by atoms with Crippen LogP contribution < -0.4 is 0 Å². The Balaban J connectivity index is 2.53. The maximum absolute atomic E-state index is 11.1. The maximum atomic E-state index is 11.1. The molecule has 0 amide bonds. The molecule has 0 heterocycles. The molecule has 0 bridgehead atoms. The zero-order valence-corrected chi connectivity index (χ0v) is 9.05. The van der Waals surface area contributed by atoms with Crippen molar-refractivity contribution in [3.8, 4) is 0 Å². The first-order valence-corrected chi connectivity index (χ1v) is 5.26. The number of hydrogen-bond acceptors (Lipinski definition) is 2. The molecule has 0 aliphatic heterocycles. The topological polar surface area (TPSA) is 20.3 Å². The van der Waals surface area contributed by atoms with E-state index in [4.69, 9.17) is 0 Å². The molecule has 0 N–H and O–H groups in total. The molecule has 0 unspecified atom stereocenters. The van der Waals surface area contributed by atoms with Crippen molar-refractivity contribution in [2.24, 2.45) is 5.41 Å². The zero-order chi connectivity index (χ0) is 9.90. The Morgan fingerprint density at radius 1 is 1.38 bits per heavy atom. The second-order valence-electron chi connectivity index (χ2n) is 4.70. The van der Waals surface area contributed by atoms with Gasteiger partial charge in [0.05, 0.1) is 0 Å². The Bertz CT molecular complexity index is 171. The minimum absolute atomic E-state index is 0.0149. The number of hydrogen-bond donors (Lipinski definition) is 0. The Kier molecular flexibility index (Phi) is 3.48. The van der Waals surface area contributed by atoms with Crippen LogP contribution in [0.5, 0.6) is 0 Å².